The van der Waals surface area contributed by atoms with Crippen LogP contribution in [-0.2, 0) is 14.6 Å². The van der Waals surface area contributed by atoms with Crippen molar-refractivity contribution in [2.75, 3.05) is 18.2 Å². The normalized spacial score (nSPS) is 23.8. The Hall–Kier alpha value is -1.07. The van der Waals surface area contributed by atoms with Gasteiger partial charge in [0, 0.05) is 24.6 Å². The van der Waals surface area contributed by atoms with E-state index in [-0.39, 0.29) is 6.10 Å². The van der Waals surface area contributed by atoms with E-state index in [1.54, 1.807) is 18.2 Å². The Kier molecular flexibility index (Phi) is 4.70. The van der Waals surface area contributed by atoms with Crippen LogP contribution in [0.4, 0.5) is 5.69 Å². The van der Waals surface area contributed by atoms with Crippen molar-refractivity contribution in [3.63, 3.8) is 0 Å². The Morgan fingerprint density at radius 2 is 2.10 bits per heavy atom. The standard InChI is InChI=1S/C15H23NO3S/c1-11(2)15-10-13(7-8-19-15)16-12-5-4-6-14(9-12)20(3,17)18/h4-6,9,11,13,15-16H,7-8,10H2,1-3H3. The number of benzene rings is 1. The Labute approximate surface area is 121 Å². The van der Waals surface area contributed by atoms with E-state index in [1.807, 2.05) is 6.07 Å². The van der Waals surface area contributed by atoms with Crippen molar-refractivity contribution in [1.82, 2.24) is 0 Å². The molecule has 0 aliphatic carbocycles. The van der Waals surface area contributed by atoms with Crippen molar-refractivity contribution in [3.8, 4) is 0 Å². The molecule has 2 rings (SSSR count). The van der Waals surface area contributed by atoms with Crippen molar-refractivity contribution in [2.45, 2.75) is 43.7 Å². The van der Waals surface area contributed by atoms with Crippen LogP contribution in [-0.4, -0.2) is 33.4 Å². The fraction of sp³-hybridized carbons (Fsp3) is 0.600. The second-order valence-corrected chi connectivity index (χ2v) is 7.83. The van der Waals surface area contributed by atoms with Crippen LogP contribution in [0.1, 0.15) is 26.7 Å². The molecule has 0 amide bonds. The second-order valence-electron chi connectivity index (χ2n) is 5.82. The van der Waals surface area contributed by atoms with Crippen LogP contribution in [0.3, 0.4) is 0 Å². The number of sulfone groups is 1. The molecular formula is C15H23NO3S. The van der Waals surface area contributed by atoms with E-state index in [0.29, 0.717) is 16.9 Å². The molecule has 1 aliphatic heterocycles. The minimum atomic E-state index is -3.16. The van der Waals surface area contributed by atoms with Gasteiger partial charge in [-0.3, -0.25) is 0 Å². The molecule has 2 unspecified atom stereocenters. The predicted molar refractivity (Wildman–Crippen MR) is 80.8 cm³/mol. The van der Waals surface area contributed by atoms with Crippen LogP contribution in [0, 0.1) is 5.92 Å². The van der Waals surface area contributed by atoms with E-state index in [2.05, 4.69) is 19.2 Å². The zero-order chi connectivity index (χ0) is 14.8. The molecule has 2 atom stereocenters. The molecule has 1 N–H and O–H groups in total. The van der Waals surface area contributed by atoms with Crippen LogP contribution in [0.5, 0.6) is 0 Å². The van der Waals surface area contributed by atoms with Crippen molar-refractivity contribution in [3.05, 3.63) is 24.3 Å². The third-order valence-corrected chi connectivity index (χ3v) is 4.80. The lowest BCUT2D eigenvalue weighted by Gasteiger charge is -2.33. The molecule has 0 spiro atoms. The third-order valence-electron chi connectivity index (χ3n) is 3.69. The highest BCUT2D eigenvalue weighted by atomic mass is 32.2. The molecular weight excluding hydrogens is 274 g/mol. The Morgan fingerprint density at radius 3 is 2.75 bits per heavy atom. The monoisotopic (exact) mass is 297 g/mol. The first kappa shape index (κ1) is 15.3. The number of rotatable bonds is 4. The first-order valence-corrected chi connectivity index (χ1v) is 8.93. The fourth-order valence-electron chi connectivity index (χ4n) is 2.48. The molecule has 1 saturated heterocycles. The first-order valence-electron chi connectivity index (χ1n) is 7.04. The summed E-state index contributed by atoms with van der Waals surface area (Å²) in [6, 6.07) is 7.36. The van der Waals surface area contributed by atoms with Gasteiger partial charge >= 0.3 is 0 Å². The fourth-order valence-corrected chi connectivity index (χ4v) is 3.14. The summed E-state index contributed by atoms with van der Waals surface area (Å²) < 4.78 is 28.9. The van der Waals surface area contributed by atoms with Crippen LogP contribution in [0.15, 0.2) is 29.2 Å². The number of ether oxygens (including phenoxy) is 1. The molecule has 1 aliphatic rings. The van der Waals surface area contributed by atoms with Gasteiger partial charge in [-0.1, -0.05) is 19.9 Å². The van der Waals surface area contributed by atoms with Crippen LogP contribution in [0.2, 0.25) is 0 Å². The molecule has 5 heteroatoms. The maximum absolute atomic E-state index is 11.6. The molecule has 1 heterocycles. The number of hydrogen-bond acceptors (Lipinski definition) is 4. The molecule has 1 aromatic carbocycles. The van der Waals surface area contributed by atoms with Crippen molar-refractivity contribution >= 4 is 15.5 Å². The van der Waals surface area contributed by atoms with E-state index in [0.717, 1.165) is 25.1 Å². The summed E-state index contributed by atoms with van der Waals surface area (Å²) in [7, 11) is -3.16. The summed E-state index contributed by atoms with van der Waals surface area (Å²) in [6.07, 6.45) is 3.42. The van der Waals surface area contributed by atoms with Gasteiger partial charge in [-0.15, -0.1) is 0 Å². The summed E-state index contributed by atoms with van der Waals surface area (Å²) in [5, 5.41) is 3.43. The molecule has 20 heavy (non-hydrogen) atoms. The minimum absolute atomic E-state index is 0.277. The first-order chi connectivity index (χ1) is 9.36. The molecule has 112 valence electrons. The van der Waals surface area contributed by atoms with Crippen molar-refractivity contribution < 1.29 is 13.2 Å². The van der Waals surface area contributed by atoms with E-state index in [9.17, 15) is 8.42 Å². The Bertz CT molecular complexity index is 554. The lowest BCUT2D eigenvalue weighted by Crippen LogP contribution is -2.36. The van der Waals surface area contributed by atoms with Crippen molar-refractivity contribution in [1.29, 1.82) is 0 Å². The highest BCUT2D eigenvalue weighted by Crippen LogP contribution is 2.24. The highest BCUT2D eigenvalue weighted by molar-refractivity contribution is 7.90. The maximum atomic E-state index is 11.6. The lowest BCUT2D eigenvalue weighted by molar-refractivity contribution is -0.0160. The lowest BCUT2D eigenvalue weighted by atomic mass is 9.95. The van der Waals surface area contributed by atoms with Gasteiger partial charge in [0.15, 0.2) is 9.84 Å². The largest absolute Gasteiger partial charge is 0.382 e. The zero-order valence-electron chi connectivity index (χ0n) is 12.3. The average molecular weight is 297 g/mol. The molecule has 0 saturated carbocycles. The molecule has 4 nitrogen and oxygen atoms in total. The zero-order valence-corrected chi connectivity index (χ0v) is 13.1. The summed E-state index contributed by atoms with van der Waals surface area (Å²) >= 11 is 0. The van der Waals surface area contributed by atoms with E-state index in [4.69, 9.17) is 4.74 Å². The average Bonchev–Trinajstić information content (AvgIpc) is 2.38. The van der Waals surface area contributed by atoms with E-state index < -0.39 is 9.84 Å². The Balaban J connectivity index is 2.06. The SMILES string of the molecule is CC(C)C1CC(Nc2cccc(S(C)(=O)=O)c2)CCO1. The molecule has 0 radical (unpaired) electrons. The van der Waals surface area contributed by atoms with Gasteiger partial charge in [0.2, 0.25) is 0 Å². The predicted octanol–water partition coefficient (Wildman–Crippen LogP) is 2.71. The second kappa shape index (κ2) is 6.14. The van der Waals surface area contributed by atoms with Gasteiger partial charge in [-0.25, -0.2) is 8.42 Å². The van der Waals surface area contributed by atoms with Crippen LogP contribution in [0.25, 0.3) is 0 Å². The number of anilines is 1. The minimum Gasteiger partial charge on any atom is -0.382 e. The molecule has 1 fully saturated rings. The van der Waals surface area contributed by atoms with E-state index >= 15 is 0 Å². The van der Waals surface area contributed by atoms with Gasteiger partial charge in [0.25, 0.3) is 0 Å². The van der Waals surface area contributed by atoms with E-state index in [1.165, 1.54) is 6.26 Å². The van der Waals surface area contributed by atoms with Gasteiger partial charge in [-0.05, 0) is 37.0 Å². The summed E-state index contributed by atoms with van der Waals surface area (Å²) in [5.74, 6) is 0.502. The molecule has 0 aromatic heterocycles. The topological polar surface area (TPSA) is 55.4 Å². The van der Waals surface area contributed by atoms with Crippen molar-refractivity contribution in [2.24, 2.45) is 5.92 Å². The quantitative estimate of drug-likeness (QED) is 0.928. The van der Waals surface area contributed by atoms with Crippen LogP contribution >= 0.6 is 0 Å². The third kappa shape index (κ3) is 3.96. The smallest absolute Gasteiger partial charge is 0.175 e. The van der Waals surface area contributed by atoms with Gasteiger partial charge in [0.1, 0.15) is 0 Å². The summed E-state index contributed by atoms with van der Waals surface area (Å²) in [4.78, 5) is 0.356. The highest BCUT2D eigenvalue weighted by Gasteiger charge is 2.24. The van der Waals surface area contributed by atoms with Gasteiger partial charge in [-0.2, -0.15) is 0 Å². The van der Waals surface area contributed by atoms with Gasteiger partial charge < -0.3 is 10.1 Å². The number of nitrogens with one attached hydrogen (secondary N) is 1. The Morgan fingerprint density at radius 1 is 1.35 bits per heavy atom. The van der Waals surface area contributed by atoms with Gasteiger partial charge in [0.05, 0.1) is 11.0 Å². The van der Waals surface area contributed by atoms with Crippen LogP contribution < -0.4 is 5.32 Å². The molecule has 1 aromatic rings. The number of hydrogen-bond donors (Lipinski definition) is 1. The summed E-state index contributed by atoms with van der Waals surface area (Å²) in [6.45, 7) is 5.08. The maximum Gasteiger partial charge on any atom is 0.175 e. The molecule has 0 bridgehead atoms. The summed E-state index contributed by atoms with van der Waals surface area (Å²) in [5.41, 5.74) is 0.863.